The summed E-state index contributed by atoms with van der Waals surface area (Å²) < 4.78 is 5.30. The third-order valence-corrected chi connectivity index (χ3v) is 4.60. The van der Waals surface area contributed by atoms with E-state index >= 15 is 0 Å². The van der Waals surface area contributed by atoms with Crippen LogP contribution in [0.15, 0.2) is 30.3 Å². The summed E-state index contributed by atoms with van der Waals surface area (Å²) in [5.41, 5.74) is 13.1. The molecule has 160 valence electrons. The number of aromatic nitrogens is 2. The number of hydrogen-bond donors (Lipinski definition) is 3. The summed E-state index contributed by atoms with van der Waals surface area (Å²) in [6.07, 6.45) is 2.24. The van der Waals surface area contributed by atoms with Gasteiger partial charge in [-0.15, -0.1) is 0 Å². The largest absolute Gasteiger partial charge is 0.393 e. The average Bonchev–Trinajstić information content (AvgIpc) is 3.59. The maximum absolute atomic E-state index is 5.70. The summed E-state index contributed by atoms with van der Waals surface area (Å²) in [4.78, 5) is 10.8. The molecule has 6 N–H and O–H groups in total. The highest BCUT2D eigenvalue weighted by Gasteiger charge is 2.28. The Morgan fingerprint density at radius 2 is 1.69 bits per heavy atom. The van der Waals surface area contributed by atoms with Crippen molar-refractivity contribution in [1.29, 1.82) is 0 Å². The van der Waals surface area contributed by atoms with Gasteiger partial charge in [0, 0.05) is 32.6 Å². The molecule has 2 fully saturated rings. The van der Waals surface area contributed by atoms with E-state index in [1.165, 1.54) is 10.6 Å². The second kappa shape index (κ2) is 11.5. The molecule has 1 aliphatic heterocycles. The molecule has 0 spiro atoms. The van der Waals surface area contributed by atoms with Crippen molar-refractivity contribution in [2.45, 2.75) is 39.2 Å². The van der Waals surface area contributed by atoms with E-state index in [2.05, 4.69) is 45.2 Å². The van der Waals surface area contributed by atoms with Gasteiger partial charge in [-0.2, -0.15) is 0 Å². The van der Waals surface area contributed by atoms with Gasteiger partial charge in [-0.05, 0) is 18.4 Å². The van der Waals surface area contributed by atoms with E-state index in [1.54, 1.807) is 7.05 Å². The molecule has 2 heterocycles. The summed E-state index contributed by atoms with van der Waals surface area (Å²) in [5.74, 6) is 7.59. The van der Waals surface area contributed by atoms with Gasteiger partial charge < -0.3 is 16.2 Å². The first-order valence-corrected chi connectivity index (χ1v) is 10.3. The number of ether oxygens (including phenoxy) is 1. The first kappa shape index (κ1) is 22.9. The minimum absolute atomic E-state index is 0.314. The zero-order chi connectivity index (χ0) is 21.2. The first-order chi connectivity index (χ1) is 14.0. The van der Waals surface area contributed by atoms with E-state index in [0.29, 0.717) is 23.2 Å². The minimum atomic E-state index is 0.314. The van der Waals surface area contributed by atoms with Gasteiger partial charge in [0.25, 0.3) is 0 Å². The maximum atomic E-state index is 5.70. The topological polar surface area (TPSA) is 120 Å². The van der Waals surface area contributed by atoms with Crippen LogP contribution in [0, 0.1) is 0 Å². The van der Waals surface area contributed by atoms with Gasteiger partial charge in [0.2, 0.25) is 0 Å². The Morgan fingerprint density at radius 1 is 1.07 bits per heavy atom. The molecular weight excluding hydrogens is 366 g/mol. The van der Waals surface area contributed by atoms with Crippen molar-refractivity contribution >= 4 is 17.3 Å². The minimum Gasteiger partial charge on any atom is -0.393 e. The Hall–Kier alpha value is -2.42. The smallest absolute Gasteiger partial charge is 0.171 e. The van der Waals surface area contributed by atoms with Crippen LogP contribution in [0.1, 0.15) is 44.0 Å². The van der Waals surface area contributed by atoms with Crippen LogP contribution in [0.2, 0.25) is 0 Å². The van der Waals surface area contributed by atoms with Crippen molar-refractivity contribution in [3.63, 3.8) is 0 Å². The van der Waals surface area contributed by atoms with Crippen LogP contribution >= 0.6 is 0 Å². The normalized spacial score (nSPS) is 16.1. The highest BCUT2D eigenvalue weighted by atomic mass is 16.5. The summed E-state index contributed by atoms with van der Waals surface area (Å²) in [6.45, 7) is 8.95. The Kier molecular flexibility index (Phi) is 9.11. The van der Waals surface area contributed by atoms with E-state index in [1.807, 2.05) is 13.8 Å². The molecule has 2 aliphatic rings. The molecule has 1 aromatic heterocycles. The van der Waals surface area contributed by atoms with Gasteiger partial charge in [0.15, 0.2) is 11.6 Å². The zero-order valence-corrected chi connectivity index (χ0v) is 17.8. The van der Waals surface area contributed by atoms with Crippen LogP contribution < -0.4 is 22.3 Å². The lowest BCUT2D eigenvalue weighted by atomic mass is 10.2. The molecule has 8 nitrogen and oxygen atoms in total. The quantitative estimate of drug-likeness (QED) is 0.528. The molecular formula is C21H35N7O. The van der Waals surface area contributed by atoms with Crippen molar-refractivity contribution < 1.29 is 4.74 Å². The third kappa shape index (κ3) is 7.16. The van der Waals surface area contributed by atoms with Crippen LogP contribution in [0.3, 0.4) is 0 Å². The number of benzene rings is 1. The second-order valence-electron chi connectivity index (χ2n) is 6.96. The van der Waals surface area contributed by atoms with Crippen LogP contribution in [0.25, 0.3) is 0 Å². The molecule has 0 radical (unpaired) electrons. The van der Waals surface area contributed by atoms with Gasteiger partial charge in [0.1, 0.15) is 11.5 Å². The maximum Gasteiger partial charge on any atom is 0.171 e. The van der Waals surface area contributed by atoms with Crippen molar-refractivity contribution in [2.24, 2.45) is 5.84 Å². The molecule has 29 heavy (non-hydrogen) atoms. The fourth-order valence-corrected chi connectivity index (χ4v) is 2.89. The fraction of sp³-hybridized carbons (Fsp3) is 0.524. The zero-order valence-electron chi connectivity index (χ0n) is 17.8. The molecule has 0 unspecified atom stereocenters. The number of hydrazine groups is 1. The summed E-state index contributed by atoms with van der Waals surface area (Å²) in [6, 6.07) is 10.6. The molecule has 2 aromatic rings. The number of hydrogen-bond acceptors (Lipinski definition) is 8. The molecule has 4 rings (SSSR count). The highest BCUT2D eigenvalue weighted by molar-refractivity contribution is 5.73. The summed E-state index contributed by atoms with van der Waals surface area (Å²) in [5, 5.41) is 1.36. The number of nitrogens with zero attached hydrogens (tertiary/aromatic N) is 4. The van der Waals surface area contributed by atoms with E-state index in [9.17, 15) is 0 Å². The number of nitrogens with two attached hydrogens (primary N) is 3. The highest BCUT2D eigenvalue weighted by Crippen LogP contribution is 2.39. The van der Waals surface area contributed by atoms with Crippen LogP contribution in [-0.2, 0) is 11.3 Å². The molecule has 0 atom stereocenters. The van der Waals surface area contributed by atoms with Gasteiger partial charge in [-0.1, -0.05) is 44.2 Å². The average molecular weight is 402 g/mol. The number of morpholine rings is 1. The predicted octanol–water partition coefficient (Wildman–Crippen LogP) is 2.37. The van der Waals surface area contributed by atoms with Crippen molar-refractivity contribution in [1.82, 2.24) is 14.9 Å². The predicted molar refractivity (Wildman–Crippen MR) is 119 cm³/mol. The van der Waals surface area contributed by atoms with E-state index in [4.69, 9.17) is 22.0 Å². The molecule has 1 saturated heterocycles. The lowest BCUT2D eigenvalue weighted by Gasteiger charge is -2.26. The Labute approximate surface area is 174 Å². The lowest BCUT2D eigenvalue weighted by Crippen LogP contribution is -2.35. The molecule has 1 aromatic carbocycles. The lowest BCUT2D eigenvalue weighted by molar-refractivity contribution is 0.0342. The second-order valence-corrected chi connectivity index (χ2v) is 6.96. The van der Waals surface area contributed by atoms with Gasteiger partial charge in [-0.25, -0.2) is 15.8 Å². The van der Waals surface area contributed by atoms with Crippen molar-refractivity contribution in [2.75, 3.05) is 49.8 Å². The third-order valence-electron chi connectivity index (χ3n) is 4.60. The first-order valence-electron chi connectivity index (χ1n) is 10.3. The van der Waals surface area contributed by atoms with Crippen LogP contribution in [0.5, 0.6) is 0 Å². The Morgan fingerprint density at radius 3 is 2.24 bits per heavy atom. The molecule has 0 bridgehead atoms. The summed E-state index contributed by atoms with van der Waals surface area (Å²) >= 11 is 0. The molecule has 8 heteroatoms. The van der Waals surface area contributed by atoms with Crippen molar-refractivity contribution in [3.05, 3.63) is 41.7 Å². The van der Waals surface area contributed by atoms with Gasteiger partial charge in [-0.3, -0.25) is 9.91 Å². The van der Waals surface area contributed by atoms with Gasteiger partial charge >= 0.3 is 0 Å². The van der Waals surface area contributed by atoms with Crippen LogP contribution in [-0.4, -0.2) is 48.2 Å². The number of rotatable bonds is 4. The number of anilines is 3. The van der Waals surface area contributed by atoms with E-state index < -0.39 is 0 Å². The van der Waals surface area contributed by atoms with Crippen LogP contribution in [0.4, 0.5) is 17.3 Å². The molecule has 1 saturated carbocycles. The standard InChI is InChI=1S/C11H15NO.C8H14N6.C2H6/c1-2-4-11(5-3-1)10-12-6-8-13-9-7-12;1-14(11)8-5(9)6(10)12-7(13-8)4-2-3-4;1-2/h1-5H,6-10H2;4H,2-3,9,11H2,1H3,(H2,10,12,13);1-2H3. The van der Waals surface area contributed by atoms with Crippen molar-refractivity contribution in [3.8, 4) is 0 Å². The monoisotopic (exact) mass is 401 g/mol. The SMILES string of the molecule is CC.CN(N)c1nc(C2CC2)nc(N)c1N.c1ccc(CN2CCOCC2)cc1. The molecule has 1 aliphatic carbocycles. The Balaban J connectivity index is 0.000000191. The van der Waals surface area contributed by atoms with E-state index in [0.717, 1.165) is 51.5 Å². The number of nitrogen functional groups attached to an aromatic ring is 2. The van der Waals surface area contributed by atoms with Gasteiger partial charge in [0.05, 0.1) is 13.2 Å². The Bertz CT molecular complexity index is 729. The molecule has 0 amide bonds. The fourth-order valence-electron chi connectivity index (χ4n) is 2.89. The summed E-state index contributed by atoms with van der Waals surface area (Å²) in [7, 11) is 1.68. The van der Waals surface area contributed by atoms with E-state index in [-0.39, 0.29) is 0 Å².